The lowest BCUT2D eigenvalue weighted by Gasteiger charge is -2.60. The van der Waals surface area contributed by atoms with Crippen LogP contribution in [0.2, 0.25) is 0 Å². The van der Waals surface area contributed by atoms with Gasteiger partial charge < -0.3 is 15.7 Å². The first-order valence-corrected chi connectivity index (χ1v) is 12.2. The standard InChI is InChI=1S/C26H34N2O4/c1-25-13-11-19-17(7-10-21-26(19,2)14-12-22(29)28-21)18(25)8-9-20(25)23(30)27-16-5-3-15(4-6-16)24(31)32/h3-6,17-21H,7-14H2,1-2H3,(H,27,30)(H,28,29)(H,31,32)/t17-,18-,19+,20?,21?,25-,26+/m0/s1. The molecular weight excluding hydrogens is 404 g/mol. The molecule has 1 heterocycles. The SMILES string of the molecule is C[C@]12CCC(=O)NC1CC[C@@H]1[C@H]2CC[C@]2(C)C(C(=O)Nc3ccc(C(=O)O)cc3)CC[C@@H]12. The van der Waals surface area contributed by atoms with Gasteiger partial charge in [0.15, 0.2) is 0 Å². The number of amides is 2. The summed E-state index contributed by atoms with van der Waals surface area (Å²) in [5.41, 5.74) is 1.07. The summed E-state index contributed by atoms with van der Waals surface area (Å²) in [6, 6.07) is 6.72. The second-order valence-electron chi connectivity index (χ2n) is 11.1. The third-order valence-corrected chi connectivity index (χ3v) is 9.81. The van der Waals surface area contributed by atoms with E-state index in [1.54, 1.807) is 12.1 Å². The number of anilines is 1. The molecule has 172 valence electrons. The molecule has 0 radical (unpaired) electrons. The second-order valence-corrected chi connectivity index (χ2v) is 11.1. The van der Waals surface area contributed by atoms with Gasteiger partial charge in [0, 0.05) is 24.1 Å². The van der Waals surface area contributed by atoms with Gasteiger partial charge in [-0.3, -0.25) is 9.59 Å². The Morgan fingerprint density at radius 1 is 0.969 bits per heavy atom. The fraction of sp³-hybridized carbons (Fsp3) is 0.654. The number of aromatic carboxylic acids is 1. The van der Waals surface area contributed by atoms with Crippen molar-refractivity contribution in [2.24, 2.45) is 34.5 Å². The second kappa shape index (κ2) is 7.60. The lowest BCUT2D eigenvalue weighted by Crippen LogP contribution is -2.61. The topological polar surface area (TPSA) is 95.5 Å². The molecular formula is C26H34N2O4. The normalized spacial score (nSPS) is 40.4. The Hall–Kier alpha value is -2.37. The van der Waals surface area contributed by atoms with Crippen LogP contribution in [0, 0.1) is 34.5 Å². The van der Waals surface area contributed by atoms with Gasteiger partial charge in [-0.2, -0.15) is 0 Å². The van der Waals surface area contributed by atoms with Crippen molar-refractivity contribution in [3.63, 3.8) is 0 Å². The van der Waals surface area contributed by atoms with Gasteiger partial charge in [-0.1, -0.05) is 13.8 Å². The summed E-state index contributed by atoms with van der Waals surface area (Å²) in [6.45, 7) is 4.73. The Kier molecular flexibility index (Phi) is 5.10. The monoisotopic (exact) mass is 438 g/mol. The molecule has 0 bridgehead atoms. The first kappa shape index (κ1) is 21.5. The molecule has 0 spiro atoms. The van der Waals surface area contributed by atoms with E-state index in [1.807, 2.05) is 0 Å². The van der Waals surface area contributed by atoms with Gasteiger partial charge in [-0.25, -0.2) is 4.79 Å². The van der Waals surface area contributed by atoms with Crippen LogP contribution in [0.1, 0.15) is 75.6 Å². The fourth-order valence-corrected chi connectivity index (χ4v) is 8.06. The number of carboxylic acid groups (broad SMARTS) is 1. The summed E-state index contributed by atoms with van der Waals surface area (Å²) in [4.78, 5) is 36.4. The third kappa shape index (κ3) is 3.25. The van der Waals surface area contributed by atoms with Crippen molar-refractivity contribution in [2.45, 2.75) is 71.3 Å². The first-order valence-electron chi connectivity index (χ1n) is 12.2. The highest BCUT2D eigenvalue weighted by Gasteiger charge is 2.61. The number of carboxylic acids is 1. The van der Waals surface area contributed by atoms with Crippen molar-refractivity contribution in [1.29, 1.82) is 0 Å². The summed E-state index contributed by atoms with van der Waals surface area (Å²) in [5, 5.41) is 15.4. The van der Waals surface area contributed by atoms with Crippen LogP contribution in [0.4, 0.5) is 5.69 Å². The quantitative estimate of drug-likeness (QED) is 0.649. The van der Waals surface area contributed by atoms with Gasteiger partial charge in [0.1, 0.15) is 0 Å². The molecule has 3 N–H and O–H groups in total. The summed E-state index contributed by atoms with van der Waals surface area (Å²) in [7, 11) is 0. The Balaban J connectivity index is 1.32. The molecule has 3 saturated carbocycles. The Labute approximate surface area is 189 Å². The fourth-order valence-electron chi connectivity index (χ4n) is 8.06. The number of nitrogens with one attached hydrogen (secondary N) is 2. The molecule has 0 aromatic heterocycles. The van der Waals surface area contributed by atoms with Gasteiger partial charge in [-0.05, 0) is 97.8 Å². The summed E-state index contributed by atoms with van der Waals surface area (Å²) in [5.74, 6) is 1.13. The van der Waals surface area contributed by atoms with E-state index in [-0.39, 0.29) is 34.1 Å². The Morgan fingerprint density at radius 2 is 1.69 bits per heavy atom. The van der Waals surface area contributed by atoms with Gasteiger partial charge >= 0.3 is 5.97 Å². The van der Waals surface area contributed by atoms with Crippen LogP contribution in [0.15, 0.2) is 24.3 Å². The summed E-state index contributed by atoms with van der Waals surface area (Å²) in [6.07, 6.45) is 8.05. The van der Waals surface area contributed by atoms with Gasteiger partial charge in [0.05, 0.1) is 5.56 Å². The molecule has 5 rings (SSSR count). The van der Waals surface area contributed by atoms with Crippen molar-refractivity contribution in [3.05, 3.63) is 29.8 Å². The predicted octanol–water partition coefficient (Wildman–Crippen LogP) is 4.46. The van der Waals surface area contributed by atoms with Crippen LogP contribution in [-0.2, 0) is 9.59 Å². The number of carbonyl (C=O) groups is 3. The van der Waals surface area contributed by atoms with Crippen LogP contribution in [-0.4, -0.2) is 28.9 Å². The first-order chi connectivity index (χ1) is 15.2. The zero-order valence-electron chi connectivity index (χ0n) is 19.0. The highest BCUT2D eigenvalue weighted by molar-refractivity contribution is 5.94. The number of hydrogen-bond acceptors (Lipinski definition) is 3. The Bertz CT molecular complexity index is 944. The smallest absolute Gasteiger partial charge is 0.335 e. The molecule has 1 aliphatic heterocycles. The maximum atomic E-state index is 13.3. The molecule has 4 aliphatic rings. The zero-order chi connectivity index (χ0) is 22.7. The van der Waals surface area contributed by atoms with E-state index in [9.17, 15) is 14.4 Å². The highest BCUT2D eigenvalue weighted by atomic mass is 16.4. The van der Waals surface area contributed by atoms with Crippen LogP contribution < -0.4 is 10.6 Å². The van der Waals surface area contributed by atoms with E-state index >= 15 is 0 Å². The molecule has 32 heavy (non-hydrogen) atoms. The number of fused-ring (bicyclic) bond motifs is 5. The van der Waals surface area contributed by atoms with E-state index < -0.39 is 5.97 Å². The molecule has 2 amide bonds. The molecule has 2 unspecified atom stereocenters. The van der Waals surface area contributed by atoms with E-state index in [0.717, 1.165) is 44.9 Å². The van der Waals surface area contributed by atoms with E-state index in [1.165, 1.54) is 12.1 Å². The molecule has 4 fully saturated rings. The van der Waals surface area contributed by atoms with Crippen molar-refractivity contribution in [1.82, 2.24) is 5.32 Å². The predicted molar refractivity (Wildman–Crippen MR) is 121 cm³/mol. The maximum Gasteiger partial charge on any atom is 0.335 e. The van der Waals surface area contributed by atoms with Gasteiger partial charge in [-0.15, -0.1) is 0 Å². The Morgan fingerprint density at radius 3 is 2.41 bits per heavy atom. The lowest BCUT2D eigenvalue weighted by molar-refractivity contribution is -0.140. The van der Waals surface area contributed by atoms with Crippen molar-refractivity contribution >= 4 is 23.5 Å². The van der Waals surface area contributed by atoms with E-state index in [0.29, 0.717) is 35.9 Å². The minimum absolute atomic E-state index is 0.00731. The number of piperidine rings is 1. The average Bonchev–Trinajstić information content (AvgIpc) is 3.12. The molecule has 7 atom stereocenters. The van der Waals surface area contributed by atoms with E-state index in [4.69, 9.17) is 5.11 Å². The van der Waals surface area contributed by atoms with Crippen LogP contribution in [0.3, 0.4) is 0 Å². The number of rotatable bonds is 3. The minimum Gasteiger partial charge on any atom is -0.478 e. The zero-order valence-corrected chi connectivity index (χ0v) is 19.0. The van der Waals surface area contributed by atoms with Crippen LogP contribution in [0.25, 0.3) is 0 Å². The number of benzene rings is 1. The third-order valence-electron chi connectivity index (χ3n) is 9.81. The minimum atomic E-state index is -0.966. The lowest BCUT2D eigenvalue weighted by atomic mass is 9.47. The van der Waals surface area contributed by atoms with Gasteiger partial charge in [0.25, 0.3) is 0 Å². The number of carbonyl (C=O) groups excluding carboxylic acids is 2. The van der Waals surface area contributed by atoms with Crippen molar-refractivity contribution < 1.29 is 19.5 Å². The van der Waals surface area contributed by atoms with E-state index in [2.05, 4.69) is 24.5 Å². The molecule has 3 aliphatic carbocycles. The largest absolute Gasteiger partial charge is 0.478 e. The molecule has 1 aromatic rings. The molecule has 1 aromatic carbocycles. The average molecular weight is 439 g/mol. The summed E-state index contributed by atoms with van der Waals surface area (Å²) >= 11 is 0. The number of hydrogen-bond donors (Lipinski definition) is 3. The van der Waals surface area contributed by atoms with Crippen LogP contribution in [0.5, 0.6) is 0 Å². The van der Waals surface area contributed by atoms with Gasteiger partial charge in [0.2, 0.25) is 11.8 Å². The maximum absolute atomic E-state index is 13.3. The molecule has 1 saturated heterocycles. The molecule has 6 heteroatoms. The summed E-state index contributed by atoms with van der Waals surface area (Å²) < 4.78 is 0. The van der Waals surface area contributed by atoms with Crippen molar-refractivity contribution in [2.75, 3.05) is 5.32 Å². The van der Waals surface area contributed by atoms with Crippen LogP contribution >= 0.6 is 0 Å². The highest BCUT2D eigenvalue weighted by Crippen LogP contribution is 2.65. The molecule has 6 nitrogen and oxygen atoms in total. The van der Waals surface area contributed by atoms with Crippen molar-refractivity contribution in [3.8, 4) is 0 Å².